The third-order valence-corrected chi connectivity index (χ3v) is 2.63. The van der Waals surface area contributed by atoms with E-state index in [-0.39, 0.29) is 10.8 Å². The molecule has 0 unspecified atom stereocenters. The van der Waals surface area contributed by atoms with E-state index in [1.807, 2.05) is 13.0 Å². The SMILES string of the molecule is Cc1cccc(-c2cc(C(F)(F)F)cc(Cl)n2)c1. The second-order valence-electron chi connectivity index (χ2n) is 3.93. The first-order valence-corrected chi connectivity index (χ1v) is 5.56. The molecule has 0 bridgehead atoms. The summed E-state index contributed by atoms with van der Waals surface area (Å²) >= 11 is 5.63. The van der Waals surface area contributed by atoms with E-state index in [2.05, 4.69) is 4.98 Å². The molecule has 18 heavy (non-hydrogen) atoms. The molecule has 2 rings (SSSR count). The molecule has 94 valence electrons. The summed E-state index contributed by atoms with van der Waals surface area (Å²) in [5.74, 6) is 0. The molecule has 0 atom stereocenters. The highest BCUT2D eigenvalue weighted by atomic mass is 35.5. The molecule has 1 heterocycles. The van der Waals surface area contributed by atoms with Crippen molar-refractivity contribution >= 4 is 11.6 Å². The van der Waals surface area contributed by atoms with Gasteiger partial charge in [0.2, 0.25) is 0 Å². The van der Waals surface area contributed by atoms with E-state index < -0.39 is 11.7 Å². The molecule has 0 aliphatic heterocycles. The van der Waals surface area contributed by atoms with Crippen molar-refractivity contribution in [3.63, 3.8) is 0 Å². The van der Waals surface area contributed by atoms with Crippen LogP contribution in [0.1, 0.15) is 11.1 Å². The summed E-state index contributed by atoms with van der Waals surface area (Å²) in [6.07, 6.45) is -4.43. The number of nitrogens with zero attached hydrogens (tertiary/aromatic N) is 1. The Morgan fingerprint density at radius 1 is 1.11 bits per heavy atom. The van der Waals surface area contributed by atoms with Gasteiger partial charge in [0.15, 0.2) is 0 Å². The average Bonchev–Trinajstić information content (AvgIpc) is 2.27. The Labute approximate surface area is 107 Å². The molecule has 1 aromatic heterocycles. The van der Waals surface area contributed by atoms with Crippen LogP contribution in [-0.2, 0) is 6.18 Å². The molecular weight excluding hydrogens is 263 g/mol. The minimum Gasteiger partial charge on any atom is -0.236 e. The lowest BCUT2D eigenvalue weighted by molar-refractivity contribution is -0.137. The van der Waals surface area contributed by atoms with Gasteiger partial charge < -0.3 is 0 Å². The predicted octanol–water partition coefficient (Wildman–Crippen LogP) is 4.73. The minimum absolute atomic E-state index is 0.165. The Balaban J connectivity index is 2.55. The molecule has 0 aliphatic rings. The van der Waals surface area contributed by atoms with Gasteiger partial charge in [-0.2, -0.15) is 13.2 Å². The van der Waals surface area contributed by atoms with Crippen molar-refractivity contribution in [3.8, 4) is 11.3 Å². The Morgan fingerprint density at radius 3 is 2.44 bits per heavy atom. The zero-order valence-electron chi connectivity index (χ0n) is 9.42. The van der Waals surface area contributed by atoms with E-state index >= 15 is 0 Å². The molecule has 0 saturated heterocycles. The summed E-state index contributed by atoms with van der Waals surface area (Å²) in [6.45, 7) is 1.86. The lowest BCUT2D eigenvalue weighted by Crippen LogP contribution is -2.05. The fourth-order valence-corrected chi connectivity index (χ4v) is 1.82. The van der Waals surface area contributed by atoms with Gasteiger partial charge in [0.1, 0.15) is 5.15 Å². The summed E-state index contributed by atoms with van der Waals surface area (Å²) in [5.41, 5.74) is 0.989. The first-order valence-electron chi connectivity index (χ1n) is 5.18. The maximum Gasteiger partial charge on any atom is 0.416 e. The second kappa shape index (κ2) is 4.61. The Bertz CT molecular complexity index is 579. The molecule has 0 N–H and O–H groups in total. The standard InChI is InChI=1S/C13H9ClF3N/c1-8-3-2-4-9(5-8)11-6-10(13(15,16)17)7-12(14)18-11/h2-7H,1H3. The molecule has 0 aliphatic carbocycles. The van der Waals surface area contributed by atoms with Gasteiger partial charge in [-0.05, 0) is 25.1 Å². The van der Waals surface area contributed by atoms with Gasteiger partial charge in [0.25, 0.3) is 0 Å². The molecule has 1 aromatic carbocycles. The molecule has 0 amide bonds. The van der Waals surface area contributed by atoms with Crippen LogP contribution < -0.4 is 0 Å². The monoisotopic (exact) mass is 271 g/mol. The summed E-state index contributed by atoms with van der Waals surface area (Å²) in [4.78, 5) is 3.92. The van der Waals surface area contributed by atoms with Gasteiger partial charge in [0, 0.05) is 5.56 Å². The number of aryl methyl sites for hydroxylation is 1. The largest absolute Gasteiger partial charge is 0.416 e. The van der Waals surface area contributed by atoms with Crippen LogP contribution in [0, 0.1) is 6.92 Å². The van der Waals surface area contributed by atoms with E-state index in [9.17, 15) is 13.2 Å². The van der Waals surface area contributed by atoms with Crippen LogP contribution in [0.4, 0.5) is 13.2 Å². The van der Waals surface area contributed by atoms with Crippen LogP contribution in [0.2, 0.25) is 5.15 Å². The lowest BCUT2D eigenvalue weighted by Gasteiger charge is -2.09. The molecule has 2 aromatic rings. The topological polar surface area (TPSA) is 12.9 Å². The summed E-state index contributed by atoms with van der Waals surface area (Å²) in [7, 11) is 0. The van der Waals surface area contributed by atoms with Crippen molar-refractivity contribution in [3.05, 3.63) is 52.7 Å². The number of rotatable bonds is 1. The number of hydrogen-bond acceptors (Lipinski definition) is 1. The van der Waals surface area contributed by atoms with E-state index in [1.54, 1.807) is 18.2 Å². The summed E-state index contributed by atoms with van der Waals surface area (Å²) in [6, 6.07) is 8.91. The first-order chi connectivity index (χ1) is 8.36. The lowest BCUT2D eigenvalue weighted by atomic mass is 10.1. The zero-order chi connectivity index (χ0) is 13.3. The number of pyridine rings is 1. The highest BCUT2D eigenvalue weighted by Gasteiger charge is 2.31. The van der Waals surface area contributed by atoms with Crippen LogP contribution in [0.3, 0.4) is 0 Å². The maximum atomic E-state index is 12.7. The normalized spacial score (nSPS) is 11.6. The van der Waals surface area contributed by atoms with Gasteiger partial charge in [-0.1, -0.05) is 35.4 Å². The number of benzene rings is 1. The fourth-order valence-electron chi connectivity index (χ4n) is 1.61. The summed E-state index contributed by atoms with van der Waals surface area (Å²) in [5, 5.41) is -0.165. The predicted molar refractivity (Wildman–Crippen MR) is 64.4 cm³/mol. The third-order valence-electron chi connectivity index (χ3n) is 2.44. The van der Waals surface area contributed by atoms with Crippen molar-refractivity contribution in [2.75, 3.05) is 0 Å². The van der Waals surface area contributed by atoms with Gasteiger partial charge >= 0.3 is 6.18 Å². The molecule has 0 fully saturated rings. The van der Waals surface area contributed by atoms with E-state index in [1.165, 1.54) is 0 Å². The quantitative estimate of drug-likeness (QED) is 0.683. The van der Waals surface area contributed by atoms with Crippen LogP contribution in [-0.4, -0.2) is 4.98 Å². The number of halogens is 4. The zero-order valence-corrected chi connectivity index (χ0v) is 10.2. The summed E-state index contributed by atoms with van der Waals surface area (Å²) < 4.78 is 38.0. The Morgan fingerprint density at radius 2 is 1.83 bits per heavy atom. The van der Waals surface area contributed by atoms with Gasteiger partial charge in [-0.25, -0.2) is 4.98 Å². The van der Waals surface area contributed by atoms with Gasteiger partial charge in [-0.15, -0.1) is 0 Å². The smallest absolute Gasteiger partial charge is 0.236 e. The molecule has 0 spiro atoms. The Hall–Kier alpha value is -1.55. The number of hydrogen-bond donors (Lipinski definition) is 0. The first kappa shape index (κ1) is 12.9. The van der Waals surface area contributed by atoms with Crippen molar-refractivity contribution in [2.24, 2.45) is 0 Å². The highest BCUT2D eigenvalue weighted by Crippen LogP contribution is 2.33. The van der Waals surface area contributed by atoms with E-state index in [0.29, 0.717) is 5.56 Å². The van der Waals surface area contributed by atoms with E-state index in [0.717, 1.165) is 17.7 Å². The van der Waals surface area contributed by atoms with E-state index in [4.69, 9.17) is 11.6 Å². The van der Waals surface area contributed by atoms with Crippen LogP contribution in [0.15, 0.2) is 36.4 Å². The van der Waals surface area contributed by atoms with Crippen molar-refractivity contribution in [1.29, 1.82) is 0 Å². The van der Waals surface area contributed by atoms with Crippen molar-refractivity contribution in [2.45, 2.75) is 13.1 Å². The molecule has 0 saturated carbocycles. The fraction of sp³-hybridized carbons (Fsp3) is 0.154. The molecular formula is C13H9ClF3N. The average molecular weight is 272 g/mol. The van der Waals surface area contributed by atoms with Gasteiger partial charge in [0.05, 0.1) is 11.3 Å². The number of aromatic nitrogens is 1. The maximum absolute atomic E-state index is 12.7. The molecule has 1 nitrogen and oxygen atoms in total. The van der Waals surface area contributed by atoms with Crippen molar-refractivity contribution < 1.29 is 13.2 Å². The van der Waals surface area contributed by atoms with Crippen LogP contribution in [0.5, 0.6) is 0 Å². The second-order valence-corrected chi connectivity index (χ2v) is 4.32. The Kier molecular flexibility index (Phi) is 3.30. The molecule has 0 radical (unpaired) electrons. The highest BCUT2D eigenvalue weighted by molar-refractivity contribution is 6.29. The third kappa shape index (κ3) is 2.82. The van der Waals surface area contributed by atoms with Gasteiger partial charge in [-0.3, -0.25) is 0 Å². The minimum atomic E-state index is -4.43. The van der Waals surface area contributed by atoms with Crippen LogP contribution >= 0.6 is 11.6 Å². The molecule has 5 heteroatoms. The van der Waals surface area contributed by atoms with Crippen molar-refractivity contribution in [1.82, 2.24) is 4.98 Å². The van der Waals surface area contributed by atoms with Crippen LogP contribution in [0.25, 0.3) is 11.3 Å². The number of alkyl halides is 3.